The molecule has 1 aliphatic rings. The van der Waals surface area contributed by atoms with Crippen LogP contribution >= 0.6 is 11.8 Å². The molecule has 3 rings (SSSR count). The summed E-state index contributed by atoms with van der Waals surface area (Å²) in [4.78, 5) is 17.9. The quantitative estimate of drug-likeness (QED) is 0.928. The molecule has 1 atom stereocenters. The average Bonchev–Trinajstić information content (AvgIpc) is 2.89. The van der Waals surface area contributed by atoms with Crippen molar-refractivity contribution in [2.45, 2.75) is 18.9 Å². The molecule has 1 aliphatic heterocycles. The molecule has 0 saturated heterocycles. The summed E-state index contributed by atoms with van der Waals surface area (Å²) in [5.74, 6) is -0.0422. The number of hydrogen-bond acceptors (Lipinski definition) is 4. The van der Waals surface area contributed by atoms with Crippen LogP contribution in [0.15, 0.2) is 65.7 Å². The van der Waals surface area contributed by atoms with Gasteiger partial charge in [0.05, 0.1) is 5.69 Å². The Morgan fingerprint density at radius 2 is 1.70 bits per heavy atom. The molecule has 1 heterocycles. The van der Waals surface area contributed by atoms with Crippen molar-refractivity contribution >= 4 is 28.5 Å². The van der Waals surface area contributed by atoms with E-state index in [0.717, 1.165) is 11.3 Å². The van der Waals surface area contributed by atoms with E-state index < -0.39 is 5.54 Å². The first-order chi connectivity index (χ1) is 11.2. The van der Waals surface area contributed by atoms with Gasteiger partial charge in [-0.25, -0.2) is 4.99 Å². The van der Waals surface area contributed by atoms with Gasteiger partial charge in [-0.15, -0.1) is 0 Å². The summed E-state index contributed by atoms with van der Waals surface area (Å²) in [5, 5.41) is 2.25. The average molecular weight is 325 g/mol. The third-order valence-corrected chi connectivity index (χ3v) is 4.63. The lowest BCUT2D eigenvalue weighted by atomic mass is 9.87. The van der Waals surface area contributed by atoms with Crippen molar-refractivity contribution < 1.29 is 4.79 Å². The van der Waals surface area contributed by atoms with E-state index in [0.29, 0.717) is 11.6 Å². The number of aliphatic imine (C=N–C) groups is 1. The van der Waals surface area contributed by atoms with Crippen molar-refractivity contribution in [1.82, 2.24) is 5.01 Å². The number of benzene rings is 2. The molecule has 0 aromatic heterocycles. The SMILES string of the molecule is CCC1(c2ccccc2)N=C(SC)N(Nc2ccccc2)C1=O. The Balaban J connectivity index is 1.98. The predicted molar refractivity (Wildman–Crippen MR) is 96.3 cm³/mol. The predicted octanol–water partition coefficient (Wildman–Crippen LogP) is 3.88. The molecule has 4 nitrogen and oxygen atoms in total. The first kappa shape index (κ1) is 15.6. The molecule has 2 aromatic carbocycles. The maximum Gasteiger partial charge on any atom is 0.280 e. The van der Waals surface area contributed by atoms with Gasteiger partial charge in [-0.1, -0.05) is 67.2 Å². The number of amidine groups is 1. The fourth-order valence-electron chi connectivity index (χ4n) is 2.75. The number of nitrogens with one attached hydrogen (secondary N) is 1. The zero-order chi connectivity index (χ0) is 16.3. The van der Waals surface area contributed by atoms with Crippen molar-refractivity contribution in [2.24, 2.45) is 4.99 Å². The summed E-state index contributed by atoms with van der Waals surface area (Å²) in [6.07, 6.45) is 2.55. The smallest absolute Gasteiger partial charge is 0.280 e. The van der Waals surface area contributed by atoms with Gasteiger partial charge in [0.1, 0.15) is 0 Å². The van der Waals surface area contributed by atoms with Crippen LogP contribution in [0.3, 0.4) is 0 Å². The van der Waals surface area contributed by atoms with Crippen LogP contribution in [-0.2, 0) is 10.3 Å². The molecule has 0 radical (unpaired) electrons. The van der Waals surface area contributed by atoms with Gasteiger partial charge < -0.3 is 0 Å². The lowest BCUT2D eigenvalue weighted by molar-refractivity contribution is -0.130. The minimum atomic E-state index is -0.846. The topological polar surface area (TPSA) is 44.7 Å². The van der Waals surface area contributed by atoms with E-state index in [2.05, 4.69) is 5.43 Å². The minimum Gasteiger partial charge on any atom is -0.289 e. The first-order valence-electron chi connectivity index (χ1n) is 7.57. The number of thioether (sulfide) groups is 1. The Labute approximate surface area is 140 Å². The number of anilines is 1. The van der Waals surface area contributed by atoms with Gasteiger partial charge in [-0.05, 0) is 30.4 Å². The van der Waals surface area contributed by atoms with E-state index in [1.165, 1.54) is 11.8 Å². The van der Waals surface area contributed by atoms with Crippen LogP contribution in [-0.4, -0.2) is 22.3 Å². The van der Waals surface area contributed by atoms with Crippen molar-refractivity contribution in [2.75, 3.05) is 11.7 Å². The monoisotopic (exact) mass is 325 g/mol. The molecule has 23 heavy (non-hydrogen) atoms. The zero-order valence-corrected chi connectivity index (χ0v) is 14.0. The molecule has 1 unspecified atom stereocenters. The fourth-order valence-corrected chi connectivity index (χ4v) is 3.30. The van der Waals surface area contributed by atoms with Crippen LogP contribution in [0.25, 0.3) is 0 Å². The number of hydrazine groups is 1. The third kappa shape index (κ3) is 2.72. The molecule has 1 N–H and O–H groups in total. The molecular formula is C18H19N3OS. The first-order valence-corrected chi connectivity index (χ1v) is 8.79. The summed E-state index contributed by atoms with van der Waals surface area (Å²) in [5.41, 5.74) is 4.13. The van der Waals surface area contributed by atoms with Crippen molar-refractivity contribution in [3.8, 4) is 0 Å². The van der Waals surface area contributed by atoms with Crippen LogP contribution in [0.4, 0.5) is 5.69 Å². The van der Waals surface area contributed by atoms with Crippen LogP contribution < -0.4 is 5.43 Å². The highest BCUT2D eigenvalue weighted by Gasteiger charge is 2.48. The highest BCUT2D eigenvalue weighted by Crippen LogP contribution is 2.38. The molecular weight excluding hydrogens is 306 g/mol. The summed E-state index contributed by atoms with van der Waals surface area (Å²) in [6, 6.07) is 19.4. The van der Waals surface area contributed by atoms with E-state index in [1.54, 1.807) is 5.01 Å². The van der Waals surface area contributed by atoms with E-state index in [-0.39, 0.29) is 5.91 Å². The lowest BCUT2D eigenvalue weighted by Crippen LogP contribution is -2.43. The number of carbonyl (C=O) groups excluding carboxylic acids is 1. The second kappa shape index (κ2) is 6.46. The molecule has 0 saturated carbocycles. The molecule has 0 bridgehead atoms. The zero-order valence-electron chi connectivity index (χ0n) is 13.2. The summed E-state index contributed by atoms with van der Waals surface area (Å²) in [6.45, 7) is 2.00. The number of rotatable bonds is 4. The Kier molecular flexibility index (Phi) is 4.39. The highest BCUT2D eigenvalue weighted by molar-refractivity contribution is 8.13. The van der Waals surface area contributed by atoms with E-state index in [1.807, 2.05) is 73.8 Å². The van der Waals surface area contributed by atoms with E-state index >= 15 is 0 Å². The second-order valence-corrected chi connectivity index (χ2v) is 6.07. The number of para-hydroxylation sites is 1. The van der Waals surface area contributed by atoms with Gasteiger partial charge >= 0.3 is 0 Å². The Morgan fingerprint density at radius 1 is 1.09 bits per heavy atom. The van der Waals surface area contributed by atoms with Crippen molar-refractivity contribution in [1.29, 1.82) is 0 Å². The fraction of sp³-hybridized carbons (Fsp3) is 0.222. The van der Waals surface area contributed by atoms with Crippen molar-refractivity contribution in [3.05, 3.63) is 66.2 Å². The normalized spacial score (nSPS) is 20.5. The summed E-state index contributed by atoms with van der Waals surface area (Å²) >= 11 is 1.47. The Bertz CT molecular complexity index is 718. The maximum absolute atomic E-state index is 13.2. The molecule has 0 fully saturated rings. The van der Waals surface area contributed by atoms with E-state index in [9.17, 15) is 4.79 Å². The number of nitrogens with zero attached hydrogens (tertiary/aromatic N) is 2. The van der Waals surface area contributed by atoms with Gasteiger partial charge in [0, 0.05) is 0 Å². The molecule has 118 valence electrons. The van der Waals surface area contributed by atoms with Crippen LogP contribution in [0.2, 0.25) is 0 Å². The third-order valence-electron chi connectivity index (χ3n) is 3.99. The van der Waals surface area contributed by atoms with Gasteiger partial charge in [0.15, 0.2) is 10.7 Å². The maximum atomic E-state index is 13.2. The van der Waals surface area contributed by atoms with Gasteiger partial charge in [0.2, 0.25) is 0 Å². The number of hydrogen-bond donors (Lipinski definition) is 1. The summed E-state index contributed by atoms with van der Waals surface area (Å²) < 4.78 is 0. The Morgan fingerprint density at radius 3 is 2.26 bits per heavy atom. The largest absolute Gasteiger partial charge is 0.289 e. The van der Waals surface area contributed by atoms with E-state index in [4.69, 9.17) is 4.99 Å². The van der Waals surface area contributed by atoms with Gasteiger partial charge in [-0.2, -0.15) is 5.01 Å². The summed E-state index contributed by atoms with van der Waals surface area (Å²) in [7, 11) is 0. The Hall–Kier alpha value is -2.27. The second-order valence-electron chi connectivity index (χ2n) is 5.30. The van der Waals surface area contributed by atoms with Gasteiger partial charge in [0.25, 0.3) is 5.91 Å². The van der Waals surface area contributed by atoms with Crippen molar-refractivity contribution in [3.63, 3.8) is 0 Å². The van der Waals surface area contributed by atoms with Crippen LogP contribution in [0.5, 0.6) is 0 Å². The molecule has 5 heteroatoms. The molecule has 1 amide bonds. The minimum absolute atomic E-state index is 0.0422. The highest BCUT2D eigenvalue weighted by atomic mass is 32.2. The van der Waals surface area contributed by atoms with Gasteiger partial charge in [-0.3, -0.25) is 10.2 Å². The molecule has 0 spiro atoms. The standard InChI is InChI=1S/C18H19N3OS/c1-3-18(14-10-6-4-7-11-14)16(22)21(17(19-18)23-2)20-15-12-8-5-9-13-15/h4-13,20H,3H2,1-2H3. The molecule has 0 aliphatic carbocycles. The van der Waals surface area contributed by atoms with Crippen LogP contribution in [0, 0.1) is 0 Å². The molecule has 2 aromatic rings. The number of amides is 1. The van der Waals surface area contributed by atoms with Crippen LogP contribution in [0.1, 0.15) is 18.9 Å². The number of carbonyl (C=O) groups is 1. The lowest BCUT2D eigenvalue weighted by Gasteiger charge is -2.26.